The Morgan fingerprint density at radius 1 is 1.00 bits per heavy atom. The van der Waals surface area contributed by atoms with Gasteiger partial charge in [0.2, 0.25) is 15.9 Å². The minimum Gasteiger partial charge on any atom is -0.487 e. The van der Waals surface area contributed by atoms with Crippen LogP contribution in [0, 0.1) is 11.6 Å². The molecule has 5 rings (SSSR count). The number of sulfonamides is 1. The van der Waals surface area contributed by atoms with E-state index in [2.05, 4.69) is 9.88 Å². The van der Waals surface area contributed by atoms with Gasteiger partial charge in [-0.3, -0.25) is 0 Å². The zero-order chi connectivity index (χ0) is 26.2. The lowest BCUT2D eigenvalue weighted by Crippen LogP contribution is -2.40. The minimum atomic E-state index is -3.37. The van der Waals surface area contributed by atoms with E-state index in [1.165, 1.54) is 29.8 Å². The first-order valence-electron chi connectivity index (χ1n) is 11.9. The molecule has 37 heavy (non-hydrogen) atoms. The Morgan fingerprint density at radius 2 is 1.78 bits per heavy atom. The summed E-state index contributed by atoms with van der Waals surface area (Å²) in [5.41, 5.74) is 2.46. The van der Waals surface area contributed by atoms with Crippen molar-refractivity contribution < 1.29 is 26.7 Å². The molecule has 0 saturated carbocycles. The minimum absolute atomic E-state index is 0.0325. The maximum Gasteiger partial charge on any atom is 0.213 e. The van der Waals surface area contributed by atoms with Gasteiger partial charge in [-0.15, -0.1) is 0 Å². The molecule has 4 heterocycles. The number of piperidine rings is 1. The molecule has 0 amide bonds. The highest BCUT2D eigenvalue weighted by Crippen LogP contribution is 2.33. The third kappa shape index (κ3) is 5.49. The number of hydrogen-bond acceptors (Lipinski definition) is 8. The number of aromatic nitrogens is 3. The molecule has 1 saturated heterocycles. The van der Waals surface area contributed by atoms with Gasteiger partial charge in [-0.25, -0.2) is 32.2 Å². The molecule has 2 aromatic heterocycles. The maximum absolute atomic E-state index is 14.1. The Balaban J connectivity index is 1.43. The second-order valence-corrected chi connectivity index (χ2v) is 11.1. The average Bonchev–Trinajstić information content (AvgIpc) is 2.89. The highest BCUT2D eigenvalue weighted by molar-refractivity contribution is 7.88. The third-order valence-corrected chi connectivity index (χ3v) is 7.78. The number of methoxy groups -OCH3 is 1. The lowest BCUT2D eigenvalue weighted by atomic mass is 10.1. The number of fused-ring (bicyclic) bond motifs is 1. The Morgan fingerprint density at radius 3 is 2.49 bits per heavy atom. The number of nitrogens with zero attached hydrogens (tertiary/aromatic N) is 5. The van der Waals surface area contributed by atoms with Crippen LogP contribution in [0.3, 0.4) is 0 Å². The number of rotatable bonds is 6. The Bertz CT molecular complexity index is 1410. The Kier molecular flexibility index (Phi) is 6.95. The van der Waals surface area contributed by atoms with Crippen LogP contribution in [0.25, 0.3) is 11.4 Å². The topological polar surface area (TPSA) is 97.8 Å². The number of hydrogen-bond donors (Lipinski definition) is 0. The first-order valence-corrected chi connectivity index (χ1v) is 13.8. The molecule has 1 fully saturated rings. The molecule has 2 aliphatic heterocycles. The van der Waals surface area contributed by atoms with Crippen LogP contribution in [0.5, 0.6) is 11.6 Å². The second-order valence-electron chi connectivity index (χ2n) is 9.08. The third-order valence-electron chi connectivity index (χ3n) is 6.53. The highest BCUT2D eigenvalue weighted by atomic mass is 32.2. The van der Waals surface area contributed by atoms with E-state index in [4.69, 9.17) is 19.4 Å². The normalized spacial score (nSPS) is 16.9. The van der Waals surface area contributed by atoms with Crippen molar-refractivity contribution in [2.75, 3.05) is 37.9 Å². The predicted molar refractivity (Wildman–Crippen MR) is 133 cm³/mol. The summed E-state index contributed by atoms with van der Waals surface area (Å²) < 4.78 is 64.1. The van der Waals surface area contributed by atoms with Crippen LogP contribution in [0.1, 0.15) is 24.2 Å². The van der Waals surface area contributed by atoms with Crippen LogP contribution < -0.4 is 14.4 Å². The van der Waals surface area contributed by atoms with Crippen molar-refractivity contribution >= 4 is 15.8 Å². The Hall–Kier alpha value is -3.38. The van der Waals surface area contributed by atoms with Gasteiger partial charge in [0.15, 0.2) is 17.4 Å². The first kappa shape index (κ1) is 25.3. The molecule has 0 radical (unpaired) electrons. The van der Waals surface area contributed by atoms with Crippen molar-refractivity contribution in [2.24, 2.45) is 0 Å². The average molecular weight is 532 g/mol. The lowest BCUT2D eigenvalue weighted by molar-refractivity contribution is 0.163. The molecule has 0 aliphatic carbocycles. The first-order chi connectivity index (χ1) is 17.7. The van der Waals surface area contributed by atoms with Gasteiger partial charge in [0, 0.05) is 51.0 Å². The summed E-state index contributed by atoms with van der Waals surface area (Å²) in [5, 5.41) is 0. The van der Waals surface area contributed by atoms with Gasteiger partial charge in [-0.05, 0) is 18.2 Å². The zero-order valence-electron chi connectivity index (χ0n) is 20.5. The van der Waals surface area contributed by atoms with E-state index in [0.717, 1.165) is 11.8 Å². The molecular weight excluding hydrogens is 504 g/mol. The summed E-state index contributed by atoms with van der Waals surface area (Å²) in [7, 11) is -1.83. The number of anilines is 1. The summed E-state index contributed by atoms with van der Waals surface area (Å²) in [6.45, 7) is 1.65. The van der Waals surface area contributed by atoms with E-state index in [1.807, 2.05) is 12.1 Å². The summed E-state index contributed by atoms with van der Waals surface area (Å²) in [6.07, 6.45) is 2.61. The van der Waals surface area contributed by atoms with E-state index in [0.29, 0.717) is 67.7 Å². The molecule has 3 aromatic rings. The van der Waals surface area contributed by atoms with Gasteiger partial charge in [0.05, 0.1) is 37.0 Å². The van der Waals surface area contributed by atoms with Crippen LogP contribution in [0.15, 0.2) is 36.4 Å². The van der Waals surface area contributed by atoms with Gasteiger partial charge in [0.1, 0.15) is 17.6 Å². The summed E-state index contributed by atoms with van der Waals surface area (Å²) >= 11 is 0. The van der Waals surface area contributed by atoms with Crippen LogP contribution in [-0.2, 0) is 23.0 Å². The SMILES string of the molecule is COc1cccc(-c2nc3c(nc2N2CCC(Oc4ccc(F)cc4F)CC2)CCN(S(C)(=O)=O)C3)n1. The molecule has 12 heteroatoms. The van der Waals surface area contributed by atoms with E-state index in [-0.39, 0.29) is 18.4 Å². The number of pyridine rings is 1. The van der Waals surface area contributed by atoms with Gasteiger partial charge in [0.25, 0.3) is 0 Å². The molecule has 1 aromatic carbocycles. The fraction of sp³-hybridized carbons (Fsp3) is 0.400. The van der Waals surface area contributed by atoms with Gasteiger partial charge >= 0.3 is 0 Å². The molecule has 2 aliphatic rings. The van der Waals surface area contributed by atoms with Crippen LogP contribution in [0.2, 0.25) is 0 Å². The van der Waals surface area contributed by atoms with Crippen molar-refractivity contribution in [2.45, 2.75) is 31.9 Å². The van der Waals surface area contributed by atoms with E-state index in [9.17, 15) is 17.2 Å². The second kappa shape index (κ2) is 10.2. The number of halogens is 2. The van der Waals surface area contributed by atoms with Crippen molar-refractivity contribution in [1.29, 1.82) is 0 Å². The van der Waals surface area contributed by atoms with Crippen LogP contribution >= 0.6 is 0 Å². The Labute approximate surface area is 214 Å². The fourth-order valence-corrected chi connectivity index (χ4v) is 5.35. The summed E-state index contributed by atoms with van der Waals surface area (Å²) in [4.78, 5) is 16.4. The predicted octanol–water partition coefficient (Wildman–Crippen LogP) is 3.19. The van der Waals surface area contributed by atoms with Crippen LogP contribution in [-0.4, -0.2) is 66.8 Å². The van der Waals surface area contributed by atoms with E-state index in [1.54, 1.807) is 6.07 Å². The molecule has 0 spiro atoms. The smallest absolute Gasteiger partial charge is 0.213 e. The molecule has 0 atom stereocenters. The monoisotopic (exact) mass is 531 g/mol. The highest BCUT2D eigenvalue weighted by Gasteiger charge is 2.30. The maximum atomic E-state index is 14.1. The van der Waals surface area contributed by atoms with Crippen molar-refractivity contribution in [3.05, 3.63) is 59.4 Å². The van der Waals surface area contributed by atoms with Crippen molar-refractivity contribution in [1.82, 2.24) is 19.3 Å². The molecule has 0 N–H and O–H groups in total. The fourth-order valence-electron chi connectivity index (χ4n) is 4.57. The number of benzene rings is 1. The molecule has 0 bridgehead atoms. The molecular formula is C25H27F2N5O4S. The number of ether oxygens (including phenoxy) is 2. The van der Waals surface area contributed by atoms with Crippen molar-refractivity contribution in [3.8, 4) is 23.0 Å². The molecule has 0 unspecified atom stereocenters. The van der Waals surface area contributed by atoms with Crippen molar-refractivity contribution in [3.63, 3.8) is 0 Å². The molecule has 9 nitrogen and oxygen atoms in total. The molecule has 196 valence electrons. The van der Waals surface area contributed by atoms with Crippen LogP contribution in [0.4, 0.5) is 14.6 Å². The van der Waals surface area contributed by atoms with E-state index < -0.39 is 21.7 Å². The zero-order valence-corrected chi connectivity index (χ0v) is 21.3. The summed E-state index contributed by atoms with van der Waals surface area (Å²) in [5.74, 6) is -0.264. The standard InChI is InChI=1S/C25H27F2N5O4S/c1-35-23-5-3-4-20(28-23)24-25(30-19-10-13-32(37(2,33)34)15-21(19)29-24)31-11-8-17(9-12-31)36-22-7-6-16(26)14-18(22)27/h3-7,14,17H,8-13,15H2,1-2H3. The largest absolute Gasteiger partial charge is 0.487 e. The summed E-state index contributed by atoms with van der Waals surface area (Å²) in [6, 6.07) is 8.65. The van der Waals surface area contributed by atoms with Gasteiger partial charge in [-0.2, -0.15) is 4.31 Å². The van der Waals surface area contributed by atoms with E-state index >= 15 is 0 Å². The lowest BCUT2D eigenvalue weighted by Gasteiger charge is -2.35. The quantitative estimate of drug-likeness (QED) is 0.479. The van der Waals surface area contributed by atoms with Gasteiger partial charge < -0.3 is 14.4 Å². The van der Waals surface area contributed by atoms with Gasteiger partial charge in [-0.1, -0.05) is 6.07 Å².